The first-order valence-corrected chi connectivity index (χ1v) is 7.31. The molecule has 0 fully saturated rings. The summed E-state index contributed by atoms with van der Waals surface area (Å²) in [7, 11) is 1.59. The standard InChI is InChI=1S/C17H16N2O5/c1-10-8-9-22-14(10)17(20)23-11(2)15-18-19-16(24-15)12-4-6-13(21-3)7-5-12/h4-9,11H,1-3H3. The SMILES string of the molecule is COc1ccc(-c2nnc(C(C)OC(=O)c3occc3C)o2)cc1. The summed E-state index contributed by atoms with van der Waals surface area (Å²) in [6.45, 7) is 3.42. The molecule has 0 aliphatic carbocycles. The van der Waals surface area contributed by atoms with Gasteiger partial charge in [-0.05, 0) is 44.2 Å². The molecule has 3 rings (SSSR count). The van der Waals surface area contributed by atoms with Crippen molar-refractivity contribution in [2.24, 2.45) is 0 Å². The number of esters is 1. The van der Waals surface area contributed by atoms with Crippen LogP contribution in [0.2, 0.25) is 0 Å². The molecule has 2 heterocycles. The Morgan fingerprint density at radius 2 is 1.92 bits per heavy atom. The fraction of sp³-hybridized carbons (Fsp3) is 0.235. The minimum Gasteiger partial charge on any atom is -0.497 e. The highest BCUT2D eigenvalue weighted by Crippen LogP contribution is 2.25. The molecule has 1 aromatic carbocycles. The Kier molecular flexibility index (Phi) is 4.33. The van der Waals surface area contributed by atoms with E-state index in [0.717, 1.165) is 11.3 Å². The predicted octanol–water partition coefficient (Wildman–Crippen LogP) is 3.56. The molecule has 0 amide bonds. The third-order valence-electron chi connectivity index (χ3n) is 3.46. The Labute approximate surface area is 138 Å². The second kappa shape index (κ2) is 6.57. The van der Waals surface area contributed by atoms with Crippen molar-refractivity contribution in [3.05, 3.63) is 53.8 Å². The summed E-state index contributed by atoms with van der Waals surface area (Å²) in [6, 6.07) is 8.89. The molecular formula is C17H16N2O5. The third kappa shape index (κ3) is 3.15. The van der Waals surface area contributed by atoms with Crippen LogP contribution >= 0.6 is 0 Å². The molecule has 0 saturated heterocycles. The van der Waals surface area contributed by atoms with Crippen molar-refractivity contribution < 1.29 is 23.1 Å². The number of furan rings is 1. The molecule has 2 aromatic heterocycles. The summed E-state index contributed by atoms with van der Waals surface area (Å²) in [4.78, 5) is 12.0. The van der Waals surface area contributed by atoms with Gasteiger partial charge in [0.1, 0.15) is 5.75 Å². The van der Waals surface area contributed by atoms with E-state index >= 15 is 0 Å². The number of ether oxygens (including phenoxy) is 2. The number of rotatable bonds is 5. The molecular weight excluding hydrogens is 312 g/mol. The Morgan fingerprint density at radius 1 is 1.17 bits per heavy atom. The summed E-state index contributed by atoms with van der Waals surface area (Å²) in [5.41, 5.74) is 1.45. The average molecular weight is 328 g/mol. The molecule has 7 nitrogen and oxygen atoms in total. The lowest BCUT2D eigenvalue weighted by Crippen LogP contribution is -2.09. The van der Waals surface area contributed by atoms with Gasteiger partial charge in [0.05, 0.1) is 13.4 Å². The van der Waals surface area contributed by atoms with E-state index in [4.69, 9.17) is 18.3 Å². The van der Waals surface area contributed by atoms with Crippen LogP contribution < -0.4 is 4.74 Å². The van der Waals surface area contributed by atoms with Gasteiger partial charge in [-0.25, -0.2) is 4.79 Å². The van der Waals surface area contributed by atoms with Gasteiger partial charge in [0.25, 0.3) is 5.89 Å². The van der Waals surface area contributed by atoms with Crippen LogP contribution in [0, 0.1) is 6.92 Å². The molecule has 0 radical (unpaired) electrons. The van der Waals surface area contributed by atoms with E-state index in [1.807, 2.05) is 0 Å². The van der Waals surface area contributed by atoms with Crippen LogP contribution in [0.1, 0.15) is 35.0 Å². The molecule has 0 aliphatic heterocycles. The molecule has 0 bridgehead atoms. The van der Waals surface area contributed by atoms with Gasteiger partial charge in [-0.3, -0.25) is 0 Å². The van der Waals surface area contributed by atoms with Gasteiger partial charge in [0, 0.05) is 11.1 Å². The monoisotopic (exact) mass is 328 g/mol. The van der Waals surface area contributed by atoms with Crippen molar-refractivity contribution in [3.8, 4) is 17.2 Å². The largest absolute Gasteiger partial charge is 0.497 e. The van der Waals surface area contributed by atoms with E-state index in [1.54, 1.807) is 51.3 Å². The van der Waals surface area contributed by atoms with Crippen molar-refractivity contribution in [3.63, 3.8) is 0 Å². The van der Waals surface area contributed by atoms with Gasteiger partial charge in [0.15, 0.2) is 6.10 Å². The second-order valence-electron chi connectivity index (χ2n) is 5.15. The second-order valence-corrected chi connectivity index (χ2v) is 5.15. The van der Waals surface area contributed by atoms with Gasteiger partial charge in [-0.2, -0.15) is 0 Å². The molecule has 3 aromatic rings. The molecule has 0 aliphatic rings. The first-order valence-electron chi connectivity index (χ1n) is 7.31. The van der Waals surface area contributed by atoms with Crippen molar-refractivity contribution in [1.29, 1.82) is 0 Å². The number of benzene rings is 1. The number of methoxy groups -OCH3 is 1. The van der Waals surface area contributed by atoms with E-state index in [0.29, 0.717) is 11.5 Å². The normalized spacial score (nSPS) is 12.0. The highest BCUT2D eigenvalue weighted by atomic mass is 16.6. The minimum absolute atomic E-state index is 0.164. The summed E-state index contributed by atoms with van der Waals surface area (Å²) < 4.78 is 21.1. The summed E-state index contributed by atoms with van der Waals surface area (Å²) in [5, 5.41) is 7.91. The van der Waals surface area contributed by atoms with E-state index < -0.39 is 12.1 Å². The molecule has 7 heteroatoms. The number of aromatic nitrogens is 2. The molecule has 1 atom stereocenters. The van der Waals surface area contributed by atoms with Crippen molar-refractivity contribution >= 4 is 5.97 Å². The van der Waals surface area contributed by atoms with E-state index in [2.05, 4.69) is 10.2 Å². The maximum absolute atomic E-state index is 12.0. The zero-order valence-electron chi connectivity index (χ0n) is 13.5. The van der Waals surface area contributed by atoms with E-state index in [1.165, 1.54) is 6.26 Å². The van der Waals surface area contributed by atoms with Crippen LogP contribution in [0.15, 0.2) is 45.4 Å². The Bertz CT molecular complexity index is 835. The quantitative estimate of drug-likeness (QED) is 0.662. The molecule has 0 N–H and O–H groups in total. The fourth-order valence-electron chi connectivity index (χ4n) is 2.10. The summed E-state index contributed by atoms with van der Waals surface area (Å²) >= 11 is 0. The maximum atomic E-state index is 12.0. The maximum Gasteiger partial charge on any atom is 0.375 e. The molecule has 24 heavy (non-hydrogen) atoms. The average Bonchev–Trinajstić information content (AvgIpc) is 3.24. The van der Waals surface area contributed by atoms with Crippen LogP contribution in [-0.2, 0) is 4.74 Å². The highest BCUT2D eigenvalue weighted by molar-refractivity contribution is 5.87. The fourth-order valence-corrected chi connectivity index (χ4v) is 2.10. The Hall–Kier alpha value is -3.09. The zero-order valence-corrected chi connectivity index (χ0v) is 13.5. The van der Waals surface area contributed by atoms with Crippen LogP contribution in [0.25, 0.3) is 11.5 Å². The molecule has 1 unspecified atom stereocenters. The van der Waals surface area contributed by atoms with Gasteiger partial charge in [-0.1, -0.05) is 0 Å². The number of carbonyl (C=O) groups is 1. The third-order valence-corrected chi connectivity index (χ3v) is 3.46. The van der Waals surface area contributed by atoms with Crippen LogP contribution in [0.5, 0.6) is 5.75 Å². The first-order chi connectivity index (χ1) is 11.6. The minimum atomic E-state index is -0.693. The first kappa shape index (κ1) is 15.8. The van der Waals surface area contributed by atoms with Crippen LogP contribution in [0.3, 0.4) is 0 Å². The zero-order chi connectivity index (χ0) is 17.1. The van der Waals surface area contributed by atoms with Gasteiger partial charge in [0.2, 0.25) is 11.7 Å². The van der Waals surface area contributed by atoms with Gasteiger partial charge >= 0.3 is 5.97 Å². The number of aryl methyl sites for hydroxylation is 1. The van der Waals surface area contributed by atoms with Gasteiger partial charge < -0.3 is 18.3 Å². The van der Waals surface area contributed by atoms with Crippen molar-refractivity contribution in [2.45, 2.75) is 20.0 Å². The van der Waals surface area contributed by atoms with Crippen LogP contribution in [0.4, 0.5) is 0 Å². The Morgan fingerprint density at radius 3 is 2.54 bits per heavy atom. The number of carbonyl (C=O) groups excluding carboxylic acids is 1. The van der Waals surface area contributed by atoms with E-state index in [-0.39, 0.29) is 11.7 Å². The molecule has 124 valence electrons. The predicted molar refractivity (Wildman–Crippen MR) is 83.6 cm³/mol. The topological polar surface area (TPSA) is 87.6 Å². The van der Waals surface area contributed by atoms with Crippen molar-refractivity contribution in [1.82, 2.24) is 10.2 Å². The molecule has 0 spiro atoms. The lowest BCUT2D eigenvalue weighted by atomic mass is 10.2. The lowest BCUT2D eigenvalue weighted by molar-refractivity contribution is 0.0243. The van der Waals surface area contributed by atoms with E-state index in [9.17, 15) is 4.79 Å². The number of nitrogens with zero attached hydrogens (tertiary/aromatic N) is 2. The number of hydrogen-bond donors (Lipinski definition) is 0. The van der Waals surface area contributed by atoms with Crippen molar-refractivity contribution in [2.75, 3.05) is 7.11 Å². The summed E-state index contributed by atoms with van der Waals surface area (Å²) in [6.07, 6.45) is 0.743. The highest BCUT2D eigenvalue weighted by Gasteiger charge is 2.22. The van der Waals surface area contributed by atoms with Crippen LogP contribution in [-0.4, -0.2) is 23.3 Å². The smallest absolute Gasteiger partial charge is 0.375 e. The lowest BCUT2D eigenvalue weighted by Gasteiger charge is -2.08. The Balaban J connectivity index is 1.72. The summed E-state index contributed by atoms with van der Waals surface area (Å²) in [5.74, 6) is 0.864. The van der Waals surface area contributed by atoms with Gasteiger partial charge in [-0.15, -0.1) is 10.2 Å². The number of hydrogen-bond acceptors (Lipinski definition) is 7. The molecule has 0 saturated carbocycles.